The van der Waals surface area contributed by atoms with Crippen LogP contribution in [-0.2, 0) is 25.2 Å². The number of aromatic nitrogens is 5. The Hall–Kier alpha value is -3.32. The number of rotatable bonds is 8. The standard InChI is InChI=1S/C26H32N6O/c1-6-26(4,5)32-24(28-29-30-32)17-31(15-20-10-8-7-9-11-20)16-21-14-22-19(3)12-18(2)13-23(22)27-25(21)33/h7-14H,6,15-17H2,1-5H3,(H,27,33). The maximum absolute atomic E-state index is 13.0. The molecule has 0 spiro atoms. The zero-order valence-corrected chi connectivity index (χ0v) is 20.1. The Morgan fingerprint density at radius 3 is 2.52 bits per heavy atom. The maximum Gasteiger partial charge on any atom is 0.252 e. The number of fused-ring (bicyclic) bond motifs is 1. The minimum absolute atomic E-state index is 0.0564. The molecule has 1 N–H and O–H groups in total. The van der Waals surface area contributed by atoms with Gasteiger partial charge in [-0.15, -0.1) is 5.10 Å². The van der Waals surface area contributed by atoms with Gasteiger partial charge >= 0.3 is 0 Å². The van der Waals surface area contributed by atoms with Gasteiger partial charge in [0.05, 0.1) is 12.1 Å². The molecular weight excluding hydrogens is 412 g/mol. The normalized spacial score (nSPS) is 12.1. The third-order valence-electron chi connectivity index (χ3n) is 6.37. The van der Waals surface area contributed by atoms with Gasteiger partial charge in [-0.05, 0) is 73.4 Å². The molecule has 0 aliphatic carbocycles. The first-order chi connectivity index (χ1) is 15.8. The summed E-state index contributed by atoms with van der Waals surface area (Å²) < 4.78 is 1.91. The number of hydrogen-bond donors (Lipinski definition) is 1. The molecule has 7 nitrogen and oxygen atoms in total. The summed E-state index contributed by atoms with van der Waals surface area (Å²) >= 11 is 0. The second-order valence-electron chi connectivity index (χ2n) is 9.47. The van der Waals surface area contributed by atoms with Gasteiger partial charge in [0.2, 0.25) is 0 Å². The Kier molecular flexibility index (Phi) is 6.42. The number of H-pyrrole nitrogens is 1. The van der Waals surface area contributed by atoms with E-state index in [0.717, 1.165) is 39.8 Å². The lowest BCUT2D eigenvalue weighted by Gasteiger charge is -2.27. The van der Waals surface area contributed by atoms with Crippen LogP contribution in [0, 0.1) is 13.8 Å². The van der Waals surface area contributed by atoms with E-state index < -0.39 is 0 Å². The van der Waals surface area contributed by atoms with Gasteiger partial charge in [0.1, 0.15) is 0 Å². The summed E-state index contributed by atoms with van der Waals surface area (Å²) in [6.45, 7) is 12.2. The van der Waals surface area contributed by atoms with Crippen LogP contribution in [0.5, 0.6) is 0 Å². The summed E-state index contributed by atoms with van der Waals surface area (Å²) in [4.78, 5) is 18.3. The van der Waals surface area contributed by atoms with Gasteiger partial charge in [-0.1, -0.05) is 43.3 Å². The zero-order valence-electron chi connectivity index (χ0n) is 20.1. The quantitative estimate of drug-likeness (QED) is 0.433. The smallest absolute Gasteiger partial charge is 0.252 e. The van der Waals surface area contributed by atoms with E-state index >= 15 is 0 Å². The van der Waals surface area contributed by atoms with Crippen LogP contribution in [0.25, 0.3) is 10.9 Å². The van der Waals surface area contributed by atoms with Crippen molar-refractivity contribution >= 4 is 10.9 Å². The first-order valence-electron chi connectivity index (χ1n) is 11.4. The number of aromatic amines is 1. The fraction of sp³-hybridized carbons (Fsp3) is 0.385. The second-order valence-corrected chi connectivity index (χ2v) is 9.47. The Balaban J connectivity index is 1.70. The van der Waals surface area contributed by atoms with Gasteiger partial charge in [0, 0.05) is 29.6 Å². The minimum atomic E-state index is -0.188. The number of hydrogen-bond acceptors (Lipinski definition) is 5. The van der Waals surface area contributed by atoms with E-state index in [0.29, 0.717) is 19.6 Å². The summed E-state index contributed by atoms with van der Waals surface area (Å²) in [7, 11) is 0. The first-order valence-corrected chi connectivity index (χ1v) is 11.4. The van der Waals surface area contributed by atoms with Crippen LogP contribution in [0.15, 0.2) is 53.3 Å². The number of benzene rings is 2. The molecule has 33 heavy (non-hydrogen) atoms. The predicted octanol–water partition coefficient (Wildman–Crippen LogP) is 4.48. The van der Waals surface area contributed by atoms with Gasteiger partial charge in [0.25, 0.3) is 5.56 Å². The molecule has 172 valence electrons. The van der Waals surface area contributed by atoms with Crippen LogP contribution >= 0.6 is 0 Å². The fourth-order valence-corrected chi connectivity index (χ4v) is 4.21. The van der Waals surface area contributed by atoms with Crippen molar-refractivity contribution in [1.82, 2.24) is 30.1 Å². The lowest BCUT2D eigenvalue weighted by molar-refractivity contribution is 0.217. The van der Waals surface area contributed by atoms with Gasteiger partial charge in [-0.2, -0.15) is 0 Å². The van der Waals surface area contributed by atoms with Crippen molar-refractivity contribution in [2.24, 2.45) is 0 Å². The van der Waals surface area contributed by atoms with Crippen molar-refractivity contribution in [3.8, 4) is 0 Å². The molecule has 0 atom stereocenters. The number of aryl methyl sites for hydroxylation is 2. The molecule has 0 saturated heterocycles. The molecule has 7 heteroatoms. The van der Waals surface area contributed by atoms with Crippen LogP contribution < -0.4 is 5.56 Å². The Bertz CT molecular complexity index is 1310. The van der Waals surface area contributed by atoms with E-state index in [2.05, 4.69) is 71.3 Å². The fourth-order valence-electron chi connectivity index (χ4n) is 4.21. The van der Waals surface area contributed by atoms with E-state index in [-0.39, 0.29) is 11.1 Å². The highest BCUT2D eigenvalue weighted by molar-refractivity contribution is 5.83. The SMILES string of the molecule is CCC(C)(C)n1nnnc1CN(Cc1ccccc1)Cc1cc2c(C)cc(C)cc2[nH]c1=O. The zero-order chi connectivity index (χ0) is 23.6. The molecule has 0 radical (unpaired) electrons. The molecule has 4 aromatic rings. The lowest BCUT2D eigenvalue weighted by atomic mass is 10.0. The van der Waals surface area contributed by atoms with Crippen molar-refractivity contribution in [1.29, 1.82) is 0 Å². The van der Waals surface area contributed by atoms with Crippen LogP contribution in [0.3, 0.4) is 0 Å². The Morgan fingerprint density at radius 1 is 1.03 bits per heavy atom. The van der Waals surface area contributed by atoms with Gasteiger partial charge in [0.15, 0.2) is 5.82 Å². The third-order valence-corrected chi connectivity index (χ3v) is 6.37. The summed E-state index contributed by atoms with van der Waals surface area (Å²) in [5, 5.41) is 13.6. The van der Waals surface area contributed by atoms with E-state index in [1.807, 2.05) is 41.9 Å². The molecule has 2 aromatic carbocycles. The van der Waals surface area contributed by atoms with E-state index in [4.69, 9.17) is 0 Å². The number of nitrogens with zero attached hydrogens (tertiary/aromatic N) is 5. The molecule has 4 rings (SSSR count). The Morgan fingerprint density at radius 2 is 1.79 bits per heavy atom. The van der Waals surface area contributed by atoms with Crippen molar-refractivity contribution < 1.29 is 0 Å². The molecule has 0 bridgehead atoms. The van der Waals surface area contributed by atoms with Crippen molar-refractivity contribution in [3.05, 3.63) is 87.0 Å². The minimum Gasteiger partial charge on any atom is -0.322 e. The summed E-state index contributed by atoms with van der Waals surface area (Å²) in [6.07, 6.45) is 0.909. The molecule has 0 aliphatic heterocycles. The average molecular weight is 445 g/mol. The highest BCUT2D eigenvalue weighted by Crippen LogP contribution is 2.22. The topological polar surface area (TPSA) is 79.7 Å². The summed E-state index contributed by atoms with van der Waals surface area (Å²) in [5.74, 6) is 0.793. The molecule has 0 saturated carbocycles. The number of nitrogens with one attached hydrogen (secondary N) is 1. The molecule has 2 aromatic heterocycles. The van der Waals surface area contributed by atoms with E-state index in [1.54, 1.807) is 0 Å². The molecule has 0 unspecified atom stereocenters. The summed E-state index contributed by atoms with van der Waals surface area (Å²) in [5.41, 5.74) is 4.84. The van der Waals surface area contributed by atoms with Crippen molar-refractivity contribution in [2.45, 2.75) is 66.2 Å². The largest absolute Gasteiger partial charge is 0.322 e. The molecule has 0 fully saturated rings. The summed E-state index contributed by atoms with van der Waals surface area (Å²) in [6, 6.07) is 16.5. The molecular formula is C26H32N6O. The monoisotopic (exact) mass is 444 g/mol. The number of pyridine rings is 1. The molecule has 0 amide bonds. The lowest BCUT2D eigenvalue weighted by Crippen LogP contribution is -2.32. The van der Waals surface area contributed by atoms with Crippen LogP contribution in [0.1, 0.15) is 55.3 Å². The van der Waals surface area contributed by atoms with E-state index in [1.165, 1.54) is 5.56 Å². The predicted molar refractivity (Wildman–Crippen MR) is 131 cm³/mol. The first kappa shape index (κ1) is 22.9. The number of tetrazole rings is 1. The van der Waals surface area contributed by atoms with Crippen LogP contribution in [0.2, 0.25) is 0 Å². The van der Waals surface area contributed by atoms with Crippen molar-refractivity contribution in [2.75, 3.05) is 0 Å². The highest BCUT2D eigenvalue weighted by Gasteiger charge is 2.25. The van der Waals surface area contributed by atoms with Crippen molar-refractivity contribution in [3.63, 3.8) is 0 Å². The highest BCUT2D eigenvalue weighted by atomic mass is 16.1. The molecule has 2 heterocycles. The van der Waals surface area contributed by atoms with Gasteiger partial charge in [-0.25, -0.2) is 4.68 Å². The van der Waals surface area contributed by atoms with Crippen LogP contribution in [0.4, 0.5) is 0 Å². The molecule has 0 aliphatic rings. The average Bonchev–Trinajstić information content (AvgIpc) is 3.24. The van der Waals surface area contributed by atoms with Gasteiger partial charge < -0.3 is 4.98 Å². The van der Waals surface area contributed by atoms with E-state index in [9.17, 15) is 4.79 Å². The third kappa shape index (κ3) is 5.03. The Labute approximate surface area is 194 Å². The van der Waals surface area contributed by atoms with Crippen LogP contribution in [-0.4, -0.2) is 30.1 Å². The maximum atomic E-state index is 13.0. The second kappa shape index (κ2) is 9.27. The van der Waals surface area contributed by atoms with Gasteiger partial charge in [-0.3, -0.25) is 9.69 Å².